The zero-order valence-electron chi connectivity index (χ0n) is 13.2. The maximum Gasteiger partial charge on any atom is 0.222 e. The molecule has 0 atom stereocenters. The van der Waals surface area contributed by atoms with Crippen LogP contribution in [-0.2, 0) is 0 Å². The molecule has 1 saturated carbocycles. The van der Waals surface area contributed by atoms with Gasteiger partial charge in [0.05, 0.1) is 11.4 Å². The topological polar surface area (TPSA) is 115 Å². The van der Waals surface area contributed by atoms with Gasteiger partial charge < -0.3 is 22.1 Å². The van der Waals surface area contributed by atoms with Crippen LogP contribution in [-0.4, -0.2) is 34.1 Å². The van der Waals surface area contributed by atoms with Gasteiger partial charge in [0.25, 0.3) is 0 Å². The number of pyridine rings is 1. The fraction of sp³-hybridized carbons (Fsp3) is 0.400. The Labute approximate surface area is 153 Å². The smallest absolute Gasteiger partial charge is 0.222 e. The standard InChI is InChI=1S/C15H21N7.2ClH/c16-11-6-10(7-11)13-8-14(22-15(17)21-13)20-5-4-19-12-2-1-3-18-9-12;;/h1-3,8-11,19H,4-7,16H2,(H3,17,20,21,22);2*1H. The van der Waals surface area contributed by atoms with Crippen LogP contribution in [0.3, 0.4) is 0 Å². The molecule has 2 aromatic rings. The van der Waals surface area contributed by atoms with Crippen molar-refractivity contribution in [3.63, 3.8) is 0 Å². The third-order valence-electron chi connectivity index (χ3n) is 3.78. The lowest BCUT2D eigenvalue weighted by Gasteiger charge is -2.32. The second-order valence-electron chi connectivity index (χ2n) is 5.56. The molecule has 2 aromatic heterocycles. The molecule has 0 radical (unpaired) electrons. The molecule has 0 spiro atoms. The summed E-state index contributed by atoms with van der Waals surface area (Å²) in [5, 5.41) is 6.54. The van der Waals surface area contributed by atoms with Gasteiger partial charge in [0.15, 0.2) is 0 Å². The Balaban J connectivity index is 0.00000144. The second kappa shape index (κ2) is 9.46. The lowest BCUT2D eigenvalue weighted by molar-refractivity contribution is 0.345. The van der Waals surface area contributed by atoms with E-state index >= 15 is 0 Å². The monoisotopic (exact) mass is 371 g/mol. The van der Waals surface area contributed by atoms with Crippen molar-refractivity contribution in [3.05, 3.63) is 36.3 Å². The molecule has 24 heavy (non-hydrogen) atoms. The van der Waals surface area contributed by atoms with E-state index in [2.05, 4.69) is 25.6 Å². The second-order valence-corrected chi connectivity index (χ2v) is 5.56. The van der Waals surface area contributed by atoms with Gasteiger partial charge in [0.1, 0.15) is 5.82 Å². The number of nitrogens with one attached hydrogen (secondary N) is 2. The third-order valence-corrected chi connectivity index (χ3v) is 3.78. The first-order chi connectivity index (χ1) is 10.7. The first-order valence-electron chi connectivity index (χ1n) is 7.48. The Morgan fingerprint density at radius 2 is 1.88 bits per heavy atom. The van der Waals surface area contributed by atoms with E-state index < -0.39 is 0 Å². The number of aromatic nitrogens is 3. The quantitative estimate of drug-likeness (QED) is 0.574. The van der Waals surface area contributed by atoms with E-state index in [0.29, 0.717) is 17.9 Å². The number of nitrogens with zero attached hydrogens (tertiary/aromatic N) is 3. The Hall–Kier alpha value is -1.83. The van der Waals surface area contributed by atoms with E-state index in [1.54, 1.807) is 12.4 Å². The lowest BCUT2D eigenvalue weighted by Crippen LogP contribution is -2.35. The fourth-order valence-corrected chi connectivity index (χ4v) is 2.55. The third kappa shape index (κ3) is 5.36. The number of anilines is 3. The summed E-state index contributed by atoms with van der Waals surface area (Å²) in [6, 6.07) is 6.14. The largest absolute Gasteiger partial charge is 0.382 e. The zero-order valence-corrected chi connectivity index (χ0v) is 14.8. The number of nitrogens with two attached hydrogens (primary N) is 2. The van der Waals surface area contributed by atoms with E-state index in [1.807, 2.05) is 18.2 Å². The van der Waals surface area contributed by atoms with Crippen LogP contribution in [0, 0.1) is 0 Å². The summed E-state index contributed by atoms with van der Waals surface area (Å²) in [4.78, 5) is 12.6. The minimum Gasteiger partial charge on any atom is -0.382 e. The van der Waals surface area contributed by atoms with Gasteiger partial charge in [0.2, 0.25) is 5.95 Å². The number of halogens is 2. The van der Waals surface area contributed by atoms with E-state index in [-0.39, 0.29) is 24.8 Å². The highest BCUT2D eigenvalue weighted by Crippen LogP contribution is 2.35. The van der Waals surface area contributed by atoms with Crippen LogP contribution in [0.15, 0.2) is 30.6 Å². The van der Waals surface area contributed by atoms with Crippen molar-refractivity contribution in [2.75, 3.05) is 29.5 Å². The van der Waals surface area contributed by atoms with E-state index in [9.17, 15) is 0 Å². The summed E-state index contributed by atoms with van der Waals surface area (Å²) in [5.41, 5.74) is 13.6. The maximum absolute atomic E-state index is 5.83. The molecule has 9 heteroatoms. The number of hydrogen-bond acceptors (Lipinski definition) is 7. The molecule has 1 aliphatic rings. The van der Waals surface area contributed by atoms with Crippen molar-refractivity contribution < 1.29 is 0 Å². The van der Waals surface area contributed by atoms with Gasteiger partial charge in [-0.25, -0.2) is 4.98 Å². The van der Waals surface area contributed by atoms with Crippen molar-refractivity contribution in [2.24, 2.45) is 5.73 Å². The van der Waals surface area contributed by atoms with E-state index in [4.69, 9.17) is 11.5 Å². The van der Waals surface area contributed by atoms with Crippen molar-refractivity contribution in [2.45, 2.75) is 24.8 Å². The molecule has 0 unspecified atom stereocenters. The van der Waals surface area contributed by atoms with Crippen LogP contribution in [0.25, 0.3) is 0 Å². The molecule has 2 heterocycles. The van der Waals surface area contributed by atoms with Crippen molar-refractivity contribution >= 4 is 42.3 Å². The lowest BCUT2D eigenvalue weighted by atomic mass is 9.78. The van der Waals surface area contributed by atoms with Gasteiger partial charge >= 0.3 is 0 Å². The van der Waals surface area contributed by atoms with E-state index in [0.717, 1.165) is 43.1 Å². The molecule has 6 N–H and O–H groups in total. The summed E-state index contributed by atoms with van der Waals surface area (Å²) in [5.74, 6) is 1.48. The minimum atomic E-state index is 0. The van der Waals surface area contributed by atoms with Crippen LogP contribution in [0.2, 0.25) is 0 Å². The molecule has 7 nitrogen and oxygen atoms in total. The molecule has 1 fully saturated rings. The number of hydrogen-bond donors (Lipinski definition) is 4. The molecule has 0 amide bonds. The van der Waals surface area contributed by atoms with Crippen molar-refractivity contribution in [1.29, 1.82) is 0 Å². The van der Waals surface area contributed by atoms with E-state index in [1.165, 1.54) is 0 Å². The molecule has 0 bridgehead atoms. The molecule has 0 aromatic carbocycles. The first-order valence-corrected chi connectivity index (χ1v) is 7.48. The Kier molecular flexibility index (Phi) is 7.97. The molecular formula is C15H23Cl2N7. The summed E-state index contributed by atoms with van der Waals surface area (Å²) in [7, 11) is 0. The van der Waals surface area contributed by atoms with Crippen molar-refractivity contribution in [1.82, 2.24) is 15.0 Å². The Morgan fingerprint density at radius 1 is 1.12 bits per heavy atom. The predicted molar refractivity (Wildman–Crippen MR) is 102 cm³/mol. The summed E-state index contributed by atoms with van der Waals surface area (Å²) >= 11 is 0. The van der Waals surface area contributed by atoms with Gasteiger partial charge in [-0.05, 0) is 25.0 Å². The fourth-order valence-electron chi connectivity index (χ4n) is 2.55. The highest BCUT2D eigenvalue weighted by molar-refractivity contribution is 5.85. The van der Waals surface area contributed by atoms with Crippen LogP contribution in [0.4, 0.5) is 17.5 Å². The Bertz CT molecular complexity index is 620. The first kappa shape index (κ1) is 20.2. The summed E-state index contributed by atoms with van der Waals surface area (Å²) in [6.45, 7) is 1.49. The van der Waals surface area contributed by atoms with Crippen LogP contribution < -0.4 is 22.1 Å². The van der Waals surface area contributed by atoms with Crippen LogP contribution >= 0.6 is 24.8 Å². The summed E-state index contributed by atoms with van der Waals surface area (Å²) in [6.07, 6.45) is 5.48. The maximum atomic E-state index is 5.83. The zero-order chi connectivity index (χ0) is 15.4. The Morgan fingerprint density at radius 3 is 2.54 bits per heavy atom. The van der Waals surface area contributed by atoms with Gasteiger partial charge in [-0.15, -0.1) is 24.8 Å². The van der Waals surface area contributed by atoms with Crippen molar-refractivity contribution in [3.8, 4) is 0 Å². The van der Waals surface area contributed by atoms with Gasteiger partial charge in [-0.3, -0.25) is 4.98 Å². The van der Waals surface area contributed by atoms with Gasteiger partial charge in [-0.1, -0.05) is 0 Å². The molecule has 0 aliphatic heterocycles. The van der Waals surface area contributed by atoms with Gasteiger partial charge in [-0.2, -0.15) is 4.98 Å². The highest BCUT2D eigenvalue weighted by Gasteiger charge is 2.28. The molecule has 3 rings (SSSR count). The predicted octanol–water partition coefficient (Wildman–Crippen LogP) is 2.03. The highest BCUT2D eigenvalue weighted by atomic mass is 35.5. The average molecular weight is 372 g/mol. The average Bonchev–Trinajstić information content (AvgIpc) is 2.49. The SMILES string of the molecule is Cl.Cl.Nc1nc(NCCNc2cccnc2)cc(C2CC(N)C2)n1. The minimum absolute atomic E-state index is 0. The van der Waals surface area contributed by atoms with Gasteiger partial charge in [0, 0.05) is 43.5 Å². The molecular weight excluding hydrogens is 349 g/mol. The number of rotatable bonds is 6. The normalized spacial score (nSPS) is 18.5. The molecule has 132 valence electrons. The molecule has 1 aliphatic carbocycles. The molecule has 0 saturated heterocycles. The number of nitrogen functional groups attached to an aromatic ring is 1. The summed E-state index contributed by atoms with van der Waals surface area (Å²) < 4.78 is 0. The van der Waals surface area contributed by atoms with Crippen LogP contribution in [0.5, 0.6) is 0 Å². The van der Waals surface area contributed by atoms with Crippen LogP contribution in [0.1, 0.15) is 24.5 Å².